The van der Waals surface area contributed by atoms with Crippen LogP contribution in [-0.2, 0) is 4.74 Å². The smallest absolute Gasteiger partial charge is 0.271 e. The predicted molar refractivity (Wildman–Crippen MR) is 78.4 cm³/mol. The minimum atomic E-state index is -0.335. The molecule has 0 bridgehead atoms. The van der Waals surface area contributed by atoms with Gasteiger partial charge >= 0.3 is 0 Å². The molecule has 2 aromatic rings. The van der Waals surface area contributed by atoms with Crippen LogP contribution in [0.5, 0.6) is 0 Å². The van der Waals surface area contributed by atoms with Crippen LogP contribution in [-0.4, -0.2) is 45.3 Å². The summed E-state index contributed by atoms with van der Waals surface area (Å²) >= 11 is 0. The van der Waals surface area contributed by atoms with Crippen molar-refractivity contribution in [2.75, 3.05) is 19.8 Å². The molecular weight excluding hydrogens is 284 g/mol. The molecule has 0 saturated carbocycles. The number of aromatic nitrogens is 3. The van der Waals surface area contributed by atoms with Gasteiger partial charge in [0, 0.05) is 18.8 Å². The van der Waals surface area contributed by atoms with Crippen LogP contribution in [0.1, 0.15) is 48.1 Å². The van der Waals surface area contributed by atoms with E-state index in [0.717, 1.165) is 0 Å². The van der Waals surface area contributed by atoms with Crippen molar-refractivity contribution in [3.8, 4) is 0 Å². The van der Waals surface area contributed by atoms with Crippen LogP contribution in [0.15, 0.2) is 22.9 Å². The second kappa shape index (κ2) is 5.92. The number of aryl methyl sites for hydroxylation is 1. The lowest BCUT2D eigenvalue weighted by atomic mass is 10.2. The molecule has 118 valence electrons. The maximum Gasteiger partial charge on any atom is 0.271 e. The quantitative estimate of drug-likeness (QED) is 0.867. The Morgan fingerprint density at radius 1 is 1.45 bits per heavy atom. The second-order valence-corrected chi connectivity index (χ2v) is 5.66. The summed E-state index contributed by atoms with van der Waals surface area (Å²) in [6, 6.07) is 3.62. The van der Waals surface area contributed by atoms with E-state index in [-0.39, 0.29) is 18.0 Å². The van der Waals surface area contributed by atoms with E-state index in [9.17, 15) is 4.79 Å². The molecule has 2 aromatic heterocycles. The molecule has 3 heterocycles. The largest absolute Gasteiger partial charge is 0.377 e. The van der Waals surface area contributed by atoms with Crippen molar-refractivity contribution in [3.63, 3.8) is 0 Å². The van der Waals surface area contributed by atoms with Gasteiger partial charge in [-0.25, -0.2) is 0 Å². The number of hydrogen-bond donors (Lipinski definition) is 0. The summed E-state index contributed by atoms with van der Waals surface area (Å²) in [5.74, 6) is 0.939. The highest BCUT2D eigenvalue weighted by Crippen LogP contribution is 2.25. The number of rotatable bonds is 3. The molecule has 0 aliphatic carbocycles. The van der Waals surface area contributed by atoms with E-state index in [0.29, 0.717) is 37.2 Å². The third kappa shape index (κ3) is 2.64. The van der Waals surface area contributed by atoms with Crippen molar-refractivity contribution in [3.05, 3.63) is 35.7 Å². The monoisotopic (exact) mass is 304 g/mol. The highest BCUT2D eigenvalue weighted by atomic mass is 16.5. The van der Waals surface area contributed by atoms with Crippen LogP contribution < -0.4 is 0 Å². The first-order valence-electron chi connectivity index (χ1n) is 7.43. The molecule has 1 unspecified atom stereocenters. The number of hydrogen-bond acceptors (Lipinski definition) is 5. The average molecular weight is 304 g/mol. The van der Waals surface area contributed by atoms with Crippen LogP contribution in [0, 0.1) is 6.92 Å². The number of carbonyl (C=O) groups is 1. The number of amides is 1. The molecule has 0 radical (unpaired) electrons. The highest BCUT2D eigenvalue weighted by Gasteiger charge is 2.34. The second-order valence-electron chi connectivity index (χ2n) is 5.66. The zero-order valence-corrected chi connectivity index (χ0v) is 13.0. The zero-order chi connectivity index (χ0) is 15.7. The fraction of sp³-hybridized carbons (Fsp3) is 0.533. The summed E-state index contributed by atoms with van der Waals surface area (Å²) in [6.07, 6.45) is 1.92. The Hall–Kier alpha value is -2.15. The van der Waals surface area contributed by atoms with Crippen LogP contribution in [0.2, 0.25) is 0 Å². The van der Waals surface area contributed by atoms with Gasteiger partial charge in [-0.1, -0.05) is 5.16 Å². The molecule has 1 atom stereocenters. The van der Waals surface area contributed by atoms with Crippen LogP contribution in [0.3, 0.4) is 0 Å². The highest BCUT2D eigenvalue weighted by molar-refractivity contribution is 5.93. The molecule has 0 aromatic carbocycles. The third-order valence-electron chi connectivity index (χ3n) is 3.77. The number of morpholine rings is 1. The Balaban J connectivity index is 1.90. The normalized spacial score (nSPS) is 18.9. The molecule has 1 fully saturated rings. The lowest BCUT2D eigenvalue weighted by Gasteiger charge is -2.33. The fourth-order valence-electron chi connectivity index (χ4n) is 2.67. The van der Waals surface area contributed by atoms with E-state index in [1.54, 1.807) is 11.8 Å². The van der Waals surface area contributed by atoms with Crippen molar-refractivity contribution in [2.45, 2.75) is 32.9 Å². The van der Waals surface area contributed by atoms with E-state index < -0.39 is 0 Å². The molecule has 22 heavy (non-hydrogen) atoms. The molecule has 3 rings (SSSR count). The molecule has 7 nitrogen and oxygen atoms in total. The van der Waals surface area contributed by atoms with Gasteiger partial charge in [-0.2, -0.15) is 4.98 Å². The van der Waals surface area contributed by atoms with Crippen molar-refractivity contribution in [2.24, 2.45) is 0 Å². The number of ether oxygens (including phenoxy) is 1. The first-order chi connectivity index (χ1) is 10.6. The van der Waals surface area contributed by atoms with Gasteiger partial charge < -0.3 is 18.7 Å². The van der Waals surface area contributed by atoms with E-state index in [2.05, 4.69) is 24.0 Å². The number of carbonyl (C=O) groups excluding carboxylic acids is 1. The van der Waals surface area contributed by atoms with Crippen molar-refractivity contribution < 1.29 is 14.1 Å². The molecule has 0 N–H and O–H groups in total. The standard InChI is InChI=1S/C15H20N4O3/c1-10(2)18-6-4-5-12(18)15(20)19-7-8-21-9-13(19)14-16-11(3)17-22-14/h4-6,10,13H,7-9H2,1-3H3. The van der Waals surface area contributed by atoms with Gasteiger partial charge in [-0.05, 0) is 32.9 Å². The van der Waals surface area contributed by atoms with Crippen molar-refractivity contribution in [1.29, 1.82) is 0 Å². The van der Waals surface area contributed by atoms with Gasteiger partial charge in [0.05, 0.1) is 13.2 Å². The summed E-state index contributed by atoms with van der Waals surface area (Å²) in [4.78, 5) is 18.9. The third-order valence-corrected chi connectivity index (χ3v) is 3.77. The van der Waals surface area contributed by atoms with Crippen molar-refractivity contribution in [1.82, 2.24) is 19.6 Å². The Morgan fingerprint density at radius 3 is 2.95 bits per heavy atom. The van der Waals surface area contributed by atoms with Crippen LogP contribution in [0.25, 0.3) is 0 Å². The summed E-state index contributed by atoms with van der Waals surface area (Å²) in [5, 5.41) is 3.81. The van der Waals surface area contributed by atoms with Gasteiger partial charge in [0.15, 0.2) is 5.82 Å². The fourth-order valence-corrected chi connectivity index (χ4v) is 2.67. The maximum absolute atomic E-state index is 12.9. The Kier molecular flexibility index (Phi) is 3.98. The Bertz CT molecular complexity index is 661. The minimum absolute atomic E-state index is 0.0390. The summed E-state index contributed by atoms with van der Waals surface area (Å²) in [7, 11) is 0. The molecule has 1 aliphatic heterocycles. The molecule has 1 aliphatic rings. The predicted octanol–water partition coefficient (Wildman–Crippen LogP) is 1.97. The van der Waals surface area contributed by atoms with Crippen LogP contribution in [0.4, 0.5) is 0 Å². The van der Waals surface area contributed by atoms with Gasteiger partial charge in [-0.3, -0.25) is 4.79 Å². The molecule has 0 spiro atoms. The lowest BCUT2D eigenvalue weighted by Crippen LogP contribution is -2.44. The Labute approximate surface area is 128 Å². The maximum atomic E-state index is 12.9. The van der Waals surface area contributed by atoms with Gasteiger partial charge in [0.2, 0.25) is 0 Å². The first kappa shape index (κ1) is 14.8. The molecular formula is C15H20N4O3. The van der Waals surface area contributed by atoms with Gasteiger partial charge in [0.25, 0.3) is 11.8 Å². The van der Waals surface area contributed by atoms with E-state index in [4.69, 9.17) is 9.26 Å². The van der Waals surface area contributed by atoms with Crippen molar-refractivity contribution >= 4 is 5.91 Å². The molecule has 1 amide bonds. The van der Waals surface area contributed by atoms with E-state index in [1.807, 2.05) is 22.9 Å². The SMILES string of the molecule is Cc1noc(C2COCCN2C(=O)c2cccn2C(C)C)n1. The zero-order valence-electron chi connectivity index (χ0n) is 13.0. The lowest BCUT2D eigenvalue weighted by molar-refractivity contribution is -0.0124. The van der Waals surface area contributed by atoms with Gasteiger partial charge in [0.1, 0.15) is 11.7 Å². The van der Waals surface area contributed by atoms with Gasteiger partial charge in [-0.15, -0.1) is 0 Å². The first-order valence-corrected chi connectivity index (χ1v) is 7.43. The topological polar surface area (TPSA) is 73.4 Å². The van der Waals surface area contributed by atoms with E-state index in [1.165, 1.54) is 0 Å². The average Bonchev–Trinajstić information content (AvgIpc) is 3.15. The number of nitrogens with zero attached hydrogens (tertiary/aromatic N) is 4. The molecule has 1 saturated heterocycles. The minimum Gasteiger partial charge on any atom is -0.377 e. The van der Waals surface area contributed by atoms with E-state index >= 15 is 0 Å². The summed E-state index contributed by atoms with van der Waals surface area (Å²) in [5.41, 5.74) is 0.665. The molecule has 7 heteroatoms. The summed E-state index contributed by atoms with van der Waals surface area (Å²) in [6.45, 7) is 7.25. The van der Waals surface area contributed by atoms with Crippen LogP contribution >= 0.6 is 0 Å². The Morgan fingerprint density at radius 2 is 2.27 bits per heavy atom. The summed E-state index contributed by atoms with van der Waals surface area (Å²) < 4.78 is 12.7.